The molecule has 2 spiro atoms. The van der Waals surface area contributed by atoms with E-state index in [0.717, 1.165) is 88.7 Å². The van der Waals surface area contributed by atoms with E-state index in [0.29, 0.717) is 13.1 Å². The maximum Gasteiger partial charge on any atom is 0.407 e. The van der Waals surface area contributed by atoms with E-state index >= 15 is 0 Å². The molecule has 2 aromatic carbocycles. The Morgan fingerprint density at radius 3 is 1.55 bits per heavy atom. The van der Waals surface area contributed by atoms with Gasteiger partial charge in [-0.05, 0) is 72.3 Å². The molecule has 58 heavy (non-hydrogen) atoms. The van der Waals surface area contributed by atoms with Crippen LogP contribution in [0.2, 0.25) is 0 Å². The number of nitrogens with one attached hydrogen (secondary N) is 3. The molecular formula is C44H54N8O6. The van der Waals surface area contributed by atoms with E-state index in [-0.39, 0.29) is 46.6 Å². The van der Waals surface area contributed by atoms with Crippen molar-refractivity contribution in [1.29, 1.82) is 0 Å². The van der Waals surface area contributed by atoms with E-state index in [1.165, 1.54) is 14.2 Å². The molecule has 306 valence electrons. The molecule has 2 aliphatic heterocycles. The number of alkyl carbamates (subject to hydrolysis) is 1. The minimum atomic E-state index is -1.11. The van der Waals surface area contributed by atoms with Crippen molar-refractivity contribution < 1.29 is 29.0 Å². The fourth-order valence-electron chi connectivity index (χ4n) is 9.18. The Bertz CT molecular complexity index is 2180. The number of aromatic amines is 2. The lowest BCUT2D eigenvalue weighted by molar-refractivity contribution is -0.139. The summed E-state index contributed by atoms with van der Waals surface area (Å²) in [4.78, 5) is 73.3. The van der Waals surface area contributed by atoms with Crippen molar-refractivity contribution >= 4 is 24.0 Å². The van der Waals surface area contributed by atoms with Crippen molar-refractivity contribution in [2.24, 2.45) is 22.7 Å². The zero-order chi connectivity index (χ0) is 41.1. The summed E-state index contributed by atoms with van der Waals surface area (Å²) in [7, 11) is 2.77. The monoisotopic (exact) mass is 790 g/mol. The minimum absolute atomic E-state index is 0.0906. The number of benzene rings is 2. The maximum atomic E-state index is 13.9. The van der Waals surface area contributed by atoms with Gasteiger partial charge in [-0.2, -0.15) is 0 Å². The largest absolute Gasteiger partial charge is 0.465 e. The SMILES string of the molecule is COC(=O)N[C@@H](C(=O)N1CC2(CC2)C[C@H]1c1nc(-c2ccc(-c3ccc(-c4c[nH]c([C@@H]5CC6(CC6)CN5C(=O)[C@@H](C(C)C)N(C)C(=O)O)n4)cc3)cc2)c[nH]1)C(C)C. The van der Waals surface area contributed by atoms with E-state index in [2.05, 4.69) is 51.7 Å². The van der Waals surface area contributed by atoms with Crippen LogP contribution in [0, 0.1) is 22.7 Å². The summed E-state index contributed by atoms with van der Waals surface area (Å²) in [6, 6.07) is 14.6. The predicted octanol–water partition coefficient (Wildman–Crippen LogP) is 7.26. The summed E-state index contributed by atoms with van der Waals surface area (Å²) < 4.78 is 4.81. The van der Waals surface area contributed by atoms with Crippen LogP contribution in [0.25, 0.3) is 33.6 Å². The van der Waals surface area contributed by atoms with Crippen molar-refractivity contribution in [1.82, 2.24) is 40.0 Å². The van der Waals surface area contributed by atoms with E-state index < -0.39 is 24.3 Å². The number of amides is 4. The molecule has 8 rings (SSSR count). The highest BCUT2D eigenvalue weighted by molar-refractivity contribution is 5.87. The lowest BCUT2D eigenvalue weighted by Crippen LogP contribution is -2.51. The second kappa shape index (κ2) is 14.9. The van der Waals surface area contributed by atoms with Gasteiger partial charge in [0.1, 0.15) is 23.7 Å². The lowest BCUT2D eigenvalue weighted by Gasteiger charge is -2.33. The third-order valence-corrected chi connectivity index (χ3v) is 13.0. The van der Waals surface area contributed by atoms with Gasteiger partial charge in [0.15, 0.2) is 0 Å². The first-order valence-corrected chi connectivity index (χ1v) is 20.4. The molecule has 0 radical (unpaired) electrons. The highest BCUT2D eigenvalue weighted by atomic mass is 16.5. The maximum absolute atomic E-state index is 13.9. The van der Waals surface area contributed by atoms with Gasteiger partial charge in [-0.1, -0.05) is 76.2 Å². The molecule has 4 fully saturated rings. The van der Waals surface area contributed by atoms with Gasteiger partial charge in [0, 0.05) is 43.7 Å². The number of rotatable bonds is 11. The number of carbonyl (C=O) groups is 4. The fourth-order valence-corrected chi connectivity index (χ4v) is 9.18. The third kappa shape index (κ3) is 7.44. The molecule has 14 nitrogen and oxygen atoms in total. The summed E-state index contributed by atoms with van der Waals surface area (Å²) >= 11 is 0. The number of carbonyl (C=O) groups excluding carboxylic acids is 3. The van der Waals surface area contributed by atoms with Gasteiger partial charge in [0.25, 0.3) is 0 Å². The standard InChI is InChI=1S/C44H54N8O6/c1-25(2)35(49-41(55)58-6)39(53)51-23-43(15-16-43)19-33(51)37-45-21-31(47-37)29-11-7-27(8-12-29)28-9-13-30(14-10-28)32-22-46-38(48-32)34-20-44(17-18-44)24-52(34)40(54)36(26(3)4)50(5)42(56)57/h7-14,21-22,25-26,33-36H,15-20,23-24H2,1-6H3,(H,45,47)(H,46,48)(H,49,55)(H,56,57)/t33-,34-,35+,36+/m0/s1. The van der Waals surface area contributed by atoms with Crippen molar-refractivity contribution in [3.63, 3.8) is 0 Å². The van der Waals surface area contributed by atoms with Crippen molar-refractivity contribution in [3.05, 3.63) is 72.6 Å². The van der Waals surface area contributed by atoms with E-state index in [9.17, 15) is 24.3 Å². The van der Waals surface area contributed by atoms with Crippen molar-refractivity contribution in [2.45, 2.75) is 90.4 Å². The van der Waals surface area contributed by atoms with Gasteiger partial charge < -0.3 is 34.9 Å². The first kappa shape index (κ1) is 39.2. The third-order valence-electron chi connectivity index (χ3n) is 13.0. The molecule has 4 N–H and O–H groups in total. The van der Waals surface area contributed by atoms with E-state index in [1.807, 2.05) is 62.0 Å². The second-order valence-corrected chi connectivity index (χ2v) is 17.8. The summed E-state index contributed by atoms with van der Waals surface area (Å²) in [6.45, 7) is 8.88. The Morgan fingerprint density at radius 2 is 1.17 bits per heavy atom. The predicted molar refractivity (Wildman–Crippen MR) is 217 cm³/mol. The summed E-state index contributed by atoms with van der Waals surface area (Å²) in [5.74, 6) is 0.914. The van der Waals surface area contributed by atoms with Gasteiger partial charge in [0.05, 0.1) is 30.6 Å². The number of nitrogens with zero attached hydrogens (tertiary/aromatic N) is 5. The summed E-state index contributed by atoms with van der Waals surface area (Å²) in [6.07, 6.45) is 8.00. The number of methoxy groups -OCH3 is 1. The van der Waals surface area contributed by atoms with E-state index in [4.69, 9.17) is 14.7 Å². The van der Waals surface area contributed by atoms with Crippen LogP contribution in [0.1, 0.15) is 90.0 Å². The Labute approximate surface area is 338 Å². The fraction of sp³-hybridized carbons (Fsp3) is 0.500. The van der Waals surface area contributed by atoms with Crippen LogP contribution in [0.4, 0.5) is 9.59 Å². The highest BCUT2D eigenvalue weighted by Crippen LogP contribution is 2.59. The number of hydrogen-bond acceptors (Lipinski definition) is 7. The number of ether oxygens (including phenoxy) is 1. The van der Waals surface area contributed by atoms with Gasteiger partial charge in [-0.3, -0.25) is 14.5 Å². The average Bonchev–Trinajstić information content (AvgIpc) is 3.78. The number of likely N-dealkylation sites (N-methyl/N-ethyl adjacent to an activating group) is 1. The quantitative estimate of drug-likeness (QED) is 0.123. The van der Waals surface area contributed by atoms with Gasteiger partial charge >= 0.3 is 12.2 Å². The smallest absolute Gasteiger partial charge is 0.407 e. The summed E-state index contributed by atoms with van der Waals surface area (Å²) in [5, 5.41) is 12.4. The zero-order valence-electron chi connectivity index (χ0n) is 34.1. The molecule has 0 bridgehead atoms. The number of likely N-dealkylation sites (tertiary alicyclic amines) is 2. The lowest BCUT2D eigenvalue weighted by atomic mass is 10.0. The number of imidazole rings is 2. The van der Waals surface area contributed by atoms with Crippen molar-refractivity contribution in [2.75, 3.05) is 27.2 Å². The van der Waals surface area contributed by atoms with Crippen LogP contribution in [-0.2, 0) is 14.3 Å². The second-order valence-electron chi connectivity index (χ2n) is 17.8. The first-order chi connectivity index (χ1) is 27.7. The van der Waals surface area contributed by atoms with Crippen molar-refractivity contribution in [3.8, 4) is 33.6 Å². The molecule has 4 amide bonds. The van der Waals surface area contributed by atoms with Crippen LogP contribution >= 0.6 is 0 Å². The number of carboxylic acid groups (broad SMARTS) is 1. The minimum Gasteiger partial charge on any atom is -0.465 e. The Morgan fingerprint density at radius 1 is 0.741 bits per heavy atom. The number of aromatic nitrogens is 4. The van der Waals surface area contributed by atoms with Gasteiger partial charge in [0.2, 0.25) is 11.8 Å². The van der Waals surface area contributed by atoms with E-state index in [1.54, 1.807) is 0 Å². The Hall–Kier alpha value is -5.66. The summed E-state index contributed by atoms with van der Waals surface area (Å²) in [5.41, 5.74) is 5.80. The first-order valence-electron chi connectivity index (χ1n) is 20.4. The molecule has 2 aromatic heterocycles. The number of H-pyrrole nitrogens is 2. The molecule has 4 aliphatic rings. The molecule has 0 unspecified atom stereocenters. The zero-order valence-corrected chi connectivity index (χ0v) is 34.1. The molecule has 2 saturated carbocycles. The van der Waals surface area contributed by atoms with Crippen LogP contribution in [-0.4, -0.2) is 103 Å². The van der Waals surface area contributed by atoms with Crippen LogP contribution in [0.5, 0.6) is 0 Å². The van der Waals surface area contributed by atoms with Crippen LogP contribution < -0.4 is 5.32 Å². The topological polar surface area (TPSA) is 177 Å². The molecule has 2 saturated heterocycles. The van der Waals surface area contributed by atoms with Gasteiger partial charge in [-0.15, -0.1) is 0 Å². The van der Waals surface area contributed by atoms with Gasteiger partial charge in [-0.25, -0.2) is 19.6 Å². The highest BCUT2D eigenvalue weighted by Gasteiger charge is 2.56. The van der Waals surface area contributed by atoms with Crippen LogP contribution in [0.15, 0.2) is 60.9 Å². The molecule has 4 heterocycles. The van der Waals surface area contributed by atoms with Crippen LogP contribution in [0.3, 0.4) is 0 Å². The number of hydrogen-bond donors (Lipinski definition) is 4. The Kier molecular flexibility index (Phi) is 10.1. The molecule has 4 aromatic rings. The average molecular weight is 791 g/mol. The normalized spacial score (nSPS) is 21.1. The molecule has 2 aliphatic carbocycles. The Balaban J connectivity index is 0.950. The molecule has 14 heteroatoms. The molecule has 4 atom stereocenters. The molecular weight excluding hydrogens is 737 g/mol.